The van der Waals surface area contributed by atoms with Crippen LogP contribution in [0.4, 0.5) is 0 Å². The lowest BCUT2D eigenvalue weighted by molar-refractivity contribution is -0.132. The van der Waals surface area contributed by atoms with Crippen molar-refractivity contribution in [3.05, 3.63) is 34.9 Å². The Bertz CT molecular complexity index is 585. The highest BCUT2D eigenvalue weighted by molar-refractivity contribution is 6.30. The number of rotatable bonds is 5. The number of nitrogens with two attached hydrogens (primary N) is 1. The van der Waals surface area contributed by atoms with Gasteiger partial charge < -0.3 is 10.6 Å². The van der Waals surface area contributed by atoms with E-state index in [0.29, 0.717) is 16.5 Å². The molecule has 0 aliphatic carbocycles. The summed E-state index contributed by atoms with van der Waals surface area (Å²) in [4.78, 5) is 26.2. The molecule has 1 aromatic carbocycles. The highest BCUT2D eigenvalue weighted by Gasteiger charge is 2.34. The molecule has 1 saturated heterocycles. The first-order chi connectivity index (χ1) is 10.8. The average Bonchev–Trinajstić information content (AvgIpc) is 2.52. The molecule has 2 rings (SSSR count). The molecule has 1 heterocycles. The molecule has 5 nitrogen and oxygen atoms in total. The standard InChI is InChI=1S/C17H24ClN3O2/c1-12-6-8-21(9-7-12)15(22)11-20-17(2,16(19)23)13-4-3-5-14(18)10-13/h3-5,10,12,20H,6-9,11H2,1-2H3,(H2,19,23)/t17-/m1/s1. The van der Waals surface area contributed by atoms with Gasteiger partial charge in [0.25, 0.3) is 0 Å². The molecule has 0 spiro atoms. The van der Waals surface area contributed by atoms with Crippen molar-refractivity contribution in [3.8, 4) is 0 Å². The summed E-state index contributed by atoms with van der Waals surface area (Å²) in [6.07, 6.45) is 2.04. The monoisotopic (exact) mass is 337 g/mol. The zero-order valence-corrected chi connectivity index (χ0v) is 14.4. The molecule has 1 aromatic rings. The zero-order chi connectivity index (χ0) is 17.0. The fraction of sp³-hybridized carbons (Fsp3) is 0.529. The second kappa shape index (κ2) is 7.32. The fourth-order valence-corrected chi connectivity index (χ4v) is 2.94. The van der Waals surface area contributed by atoms with E-state index < -0.39 is 11.4 Å². The number of halogens is 1. The molecule has 2 amide bonds. The number of hydrogen-bond donors (Lipinski definition) is 2. The average molecular weight is 338 g/mol. The van der Waals surface area contributed by atoms with Crippen molar-refractivity contribution in [2.45, 2.75) is 32.2 Å². The Labute approximate surface area is 142 Å². The molecule has 6 heteroatoms. The van der Waals surface area contributed by atoms with E-state index in [1.165, 1.54) is 0 Å². The number of hydrogen-bond acceptors (Lipinski definition) is 3. The number of benzene rings is 1. The quantitative estimate of drug-likeness (QED) is 0.861. The number of piperidine rings is 1. The van der Waals surface area contributed by atoms with E-state index >= 15 is 0 Å². The van der Waals surface area contributed by atoms with Crippen molar-refractivity contribution in [1.29, 1.82) is 0 Å². The van der Waals surface area contributed by atoms with Crippen molar-refractivity contribution in [2.24, 2.45) is 11.7 Å². The molecule has 1 aliphatic heterocycles. The minimum Gasteiger partial charge on any atom is -0.368 e. The first kappa shape index (κ1) is 17.8. The van der Waals surface area contributed by atoms with Crippen LogP contribution in [-0.4, -0.2) is 36.3 Å². The van der Waals surface area contributed by atoms with E-state index in [0.717, 1.165) is 25.9 Å². The lowest BCUT2D eigenvalue weighted by Gasteiger charge is -2.33. The Morgan fingerprint density at radius 1 is 1.39 bits per heavy atom. The number of carbonyl (C=O) groups excluding carboxylic acids is 2. The van der Waals surface area contributed by atoms with Crippen LogP contribution in [0.15, 0.2) is 24.3 Å². The molecule has 0 aromatic heterocycles. The second-order valence-corrected chi connectivity index (χ2v) is 6.85. The topological polar surface area (TPSA) is 75.4 Å². The maximum atomic E-state index is 12.4. The van der Waals surface area contributed by atoms with Gasteiger partial charge in [-0.15, -0.1) is 0 Å². The van der Waals surface area contributed by atoms with Crippen molar-refractivity contribution in [3.63, 3.8) is 0 Å². The Kier molecular flexibility index (Phi) is 5.65. The second-order valence-electron chi connectivity index (χ2n) is 6.42. The van der Waals surface area contributed by atoms with Crippen LogP contribution in [0.25, 0.3) is 0 Å². The minimum absolute atomic E-state index is 0.00796. The molecule has 0 saturated carbocycles. The van der Waals surface area contributed by atoms with Gasteiger partial charge in [-0.1, -0.05) is 30.7 Å². The third kappa shape index (κ3) is 4.24. The van der Waals surface area contributed by atoms with Crippen LogP contribution in [0.1, 0.15) is 32.3 Å². The summed E-state index contributed by atoms with van der Waals surface area (Å²) in [5, 5.41) is 3.54. The van der Waals surface area contributed by atoms with Gasteiger partial charge in [0.15, 0.2) is 0 Å². The van der Waals surface area contributed by atoms with Gasteiger partial charge in [0.1, 0.15) is 5.54 Å². The third-order valence-corrected chi connectivity index (χ3v) is 4.86. The van der Waals surface area contributed by atoms with Crippen LogP contribution in [0, 0.1) is 5.92 Å². The van der Waals surface area contributed by atoms with Crippen LogP contribution >= 0.6 is 11.6 Å². The van der Waals surface area contributed by atoms with Crippen LogP contribution < -0.4 is 11.1 Å². The Morgan fingerprint density at radius 2 is 2.04 bits per heavy atom. The number of nitrogens with one attached hydrogen (secondary N) is 1. The highest BCUT2D eigenvalue weighted by Crippen LogP contribution is 2.23. The number of primary amides is 1. The molecule has 1 atom stereocenters. The summed E-state index contributed by atoms with van der Waals surface area (Å²) in [6.45, 7) is 5.48. The van der Waals surface area contributed by atoms with Gasteiger partial charge in [-0.05, 0) is 43.4 Å². The Hall–Kier alpha value is -1.59. The molecule has 1 fully saturated rings. The minimum atomic E-state index is -1.14. The molecule has 0 radical (unpaired) electrons. The van der Waals surface area contributed by atoms with Gasteiger partial charge in [-0.2, -0.15) is 0 Å². The summed E-state index contributed by atoms with van der Waals surface area (Å²) in [5.41, 5.74) is 5.08. The zero-order valence-electron chi connectivity index (χ0n) is 13.6. The maximum absolute atomic E-state index is 12.4. The van der Waals surface area contributed by atoms with Crippen LogP contribution in [-0.2, 0) is 15.1 Å². The summed E-state index contributed by atoms with van der Waals surface area (Å²) in [7, 11) is 0. The van der Waals surface area contributed by atoms with Gasteiger partial charge in [0.2, 0.25) is 11.8 Å². The van der Waals surface area contributed by atoms with Crippen molar-refractivity contribution in [2.75, 3.05) is 19.6 Å². The van der Waals surface area contributed by atoms with Crippen LogP contribution in [0.2, 0.25) is 5.02 Å². The number of amides is 2. The maximum Gasteiger partial charge on any atom is 0.242 e. The predicted molar refractivity (Wildman–Crippen MR) is 91.0 cm³/mol. The highest BCUT2D eigenvalue weighted by atomic mass is 35.5. The predicted octanol–water partition coefficient (Wildman–Crippen LogP) is 1.89. The smallest absolute Gasteiger partial charge is 0.242 e. The van der Waals surface area contributed by atoms with Gasteiger partial charge in [-0.3, -0.25) is 14.9 Å². The first-order valence-electron chi connectivity index (χ1n) is 7.91. The van der Waals surface area contributed by atoms with Gasteiger partial charge in [0, 0.05) is 18.1 Å². The van der Waals surface area contributed by atoms with E-state index in [2.05, 4.69) is 12.2 Å². The summed E-state index contributed by atoms with van der Waals surface area (Å²) in [5.74, 6) is 0.112. The number of carbonyl (C=O) groups is 2. The van der Waals surface area contributed by atoms with E-state index in [1.54, 1.807) is 31.2 Å². The molecular formula is C17H24ClN3O2. The molecule has 23 heavy (non-hydrogen) atoms. The lowest BCUT2D eigenvalue weighted by Crippen LogP contribution is -2.54. The number of likely N-dealkylation sites (tertiary alicyclic amines) is 1. The van der Waals surface area contributed by atoms with Gasteiger partial charge >= 0.3 is 0 Å². The molecule has 0 unspecified atom stereocenters. The largest absolute Gasteiger partial charge is 0.368 e. The van der Waals surface area contributed by atoms with Crippen molar-refractivity contribution < 1.29 is 9.59 Å². The summed E-state index contributed by atoms with van der Waals surface area (Å²) >= 11 is 6.00. The Morgan fingerprint density at radius 3 is 2.61 bits per heavy atom. The molecule has 1 aliphatic rings. The molecule has 126 valence electrons. The lowest BCUT2D eigenvalue weighted by atomic mass is 9.91. The van der Waals surface area contributed by atoms with Crippen molar-refractivity contribution >= 4 is 23.4 Å². The van der Waals surface area contributed by atoms with E-state index in [9.17, 15) is 9.59 Å². The first-order valence-corrected chi connectivity index (χ1v) is 8.29. The van der Waals surface area contributed by atoms with Crippen molar-refractivity contribution in [1.82, 2.24) is 10.2 Å². The third-order valence-electron chi connectivity index (χ3n) is 4.62. The molecular weight excluding hydrogens is 314 g/mol. The fourth-order valence-electron chi connectivity index (χ4n) is 2.75. The van der Waals surface area contributed by atoms with Gasteiger partial charge in [-0.25, -0.2) is 0 Å². The molecule has 3 N–H and O–H groups in total. The molecule has 0 bridgehead atoms. The summed E-state index contributed by atoms with van der Waals surface area (Å²) < 4.78 is 0. The van der Waals surface area contributed by atoms with E-state index in [4.69, 9.17) is 17.3 Å². The van der Waals surface area contributed by atoms with E-state index in [1.807, 2.05) is 4.90 Å². The van der Waals surface area contributed by atoms with Crippen LogP contribution in [0.3, 0.4) is 0 Å². The van der Waals surface area contributed by atoms with Gasteiger partial charge in [0.05, 0.1) is 6.54 Å². The SMILES string of the molecule is CC1CCN(C(=O)CN[C@@](C)(C(N)=O)c2cccc(Cl)c2)CC1. The summed E-state index contributed by atoms with van der Waals surface area (Å²) in [6, 6.07) is 6.95. The Balaban J connectivity index is 2.05. The normalized spacial score (nSPS) is 18.5. The van der Waals surface area contributed by atoms with Crippen LogP contribution in [0.5, 0.6) is 0 Å². The van der Waals surface area contributed by atoms with E-state index in [-0.39, 0.29) is 12.5 Å². The number of nitrogens with zero attached hydrogens (tertiary/aromatic N) is 1.